The van der Waals surface area contributed by atoms with E-state index >= 15 is 0 Å². The molecule has 0 unspecified atom stereocenters. The van der Waals surface area contributed by atoms with Crippen LogP contribution in [0.15, 0.2) is 60.7 Å². The molecule has 0 radical (unpaired) electrons. The fourth-order valence-corrected chi connectivity index (χ4v) is 4.19. The van der Waals surface area contributed by atoms with E-state index in [0.29, 0.717) is 27.0 Å². The number of rotatable bonds is 3. The summed E-state index contributed by atoms with van der Waals surface area (Å²) in [5, 5.41) is 0.801. The molecule has 4 nitrogen and oxygen atoms in total. The van der Waals surface area contributed by atoms with E-state index in [9.17, 15) is 18.4 Å². The average molecular weight is 461 g/mol. The summed E-state index contributed by atoms with van der Waals surface area (Å²) >= 11 is 12.6. The number of hydrogen-bond donors (Lipinski definition) is 0. The van der Waals surface area contributed by atoms with Gasteiger partial charge in [0.2, 0.25) is 5.91 Å². The van der Waals surface area contributed by atoms with Crippen molar-refractivity contribution < 1.29 is 18.4 Å². The Kier molecular flexibility index (Phi) is 5.69. The largest absolute Gasteiger partial charge is 0.304 e. The first-order valence-corrected chi connectivity index (χ1v) is 10.2. The van der Waals surface area contributed by atoms with Crippen LogP contribution in [0.3, 0.4) is 0 Å². The van der Waals surface area contributed by atoms with Crippen molar-refractivity contribution >= 4 is 46.4 Å². The standard InChI is InChI=1S/C23H16Cl2F2N2O2/c1-13-22(30)28(12-14-15(24)6-4-7-16(14)25)19-10-2-3-11-20(19)29(13)23(31)21-17(26)8-5-9-18(21)27/h2-11,13H,12H2,1H3/t13-/m1/s1. The van der Waals surface area contributed by atoms with Crippen LogP contribution < -0.4 is 9.80 Å². The van der Waals surface area contributed by atoms with Crippen molar-refractivity contribution in [1.82, 2.24) is 0 Å². The topological polar surface area (TPSA) is 40.6 Å². The maximum atomic E-state index is 14.3. The summed E-state index contributed by atoms with van der Waals surface area (Å²) in [4.78, 5) is 29.0. The number of anilines is 2. The lowest BCUT2D eigenvalue weighted by atomic mass is 10.0. The number of halogens is 4. The first-order valence-electron chi connectivity index (χ1n) is 9.42. The Morgan fingerprint density at radius 2 is 1.45 bits per heavy atom. The van der Waals surface area contributed by atoms with E-state index in [-0.39, 0.29) is 6.54 Å². The summed E-state index contributed by atoms with van der Waals surface area (Å²) in [7, 11) is 0. The number of carbonyl (C=O) groups is 2. The van der Waals surface area contributed by atoms with Gasteiger partial charge in [-0.1, -0.05) is 47.5 Å². The van der Waals surface area contributed by atoms with Crippen molar-refractivity contribution in [2.45, 2.75) is 19.5 Å². The molecule has 0 spiro atoms. The molecule has 2 amide bonds. The third kappa shape index (κ3) is 3.66. The lowest BCUT2D eigenvalue weighted by Crippen LogP contribution is -2.54. The summed E-state index contributed by atoms with van der Waals surface area (Å²) < 4.78 is 28.6. The van der Waals surface area contributed by atoms with Gasteiger partial charge in [-0.3, -0.25) is 14.5 Å². The summed E-state index contributed by atoms with van der Waals surface area (Å²) in [6.07, 6.45) is 0. The minimum absolute atomic E-state index is 0.0782. The van der Waals surface area contributed by atoms with Crippen LogP contribution in [-0.2, 0) is 11.3 Å². The fraction of sp³-hybridized carbons (Fsp3) is 0.130. The third-order valence-electron chi connectivity index (χ3n) is 5.22. The summed E-state index contributed by atoms with van der Waals surface area (Å²) in [6.45, 7) is 1.59. The van der Waals surface area contributed by atoms with Crippen molar-refractivity contribution in [3.63, 3.8) is 0 Å². The Balaban J connectivity index is 1.81. The monoisotopic (exact) mass is 460 g/mol. The van der Waals surface area contributed by atoms with Crippen LogP contribution in [0.2, 0.25) is 10.0 Å². The van der Waals surface area contributed by atoms with Gasteiger partial charge in [0.25, 0.3) is 5.91 Å². The molecule has 0 saturated heterocycles. The molecule has 1 heterocycles. The zero-order valence-corrected chi connectivity index (χ0v) is 17.8. The molecule has 0 aliphatic carbocycles. The van der Waals surface area contributed by atoms with Gasteiger partial charge in [0.1, 0.15) is 23.2 Å². The van der Waals surface area contributed by atoms with Crippen LogP contribution in [0.5, 0.6) is 0 Å². The lowest BCUT2D eigenvalue weighted by molar-refractivity contribution is -0.119. The molecule has 3 aromatic rings. The molecule has 0 fully saturated rings. The van der Waals surface area contributed by atoms with Gasteiger partial charge in [0, 0.05) is 15.6 Å². The van der Waals surface area contributed by atoms with E-state index in [1.165, 1.54) is 17.9 Å². The Labute approximate surface area is 187 Å². The van der Waals surface area contributed by atoms with E-state index in [1.807, 2.05) is 0 Å². The van der Waals surface area contributed by atoms with Gasteiger partial charge in [-0.15, -0.1) is 0 Å². The molecule has 1 aliphatic rings. The van der Waals surface area contributed by atoms with Crippen LogP contribution in [0, 0.1) is 11.6 Å². The molecule has 1 aliphatic heterocycles. The molecule has 31 heavy (non-hydrogen) atoms. The number of fused-ring (bicyclic) bond motifs is 1. The fourth-order valence-electron chi connectivity index (χ4n) is 3.67. The molecule has 158 valence electrons. The first-order chi connectivity index (χ1) is 14.8. The van der Waals surface area contributed by atoms with Crippen molar-refractivity contribution in [3.8, 4) is 0 Å². The lowest BCUT2D eigenvalue weighted by Gasteiger charge is -2.40. The van der Waals surface area contributed by atoms with E-state index in [1.54, 1.807) is 42.5 Å². The van der Waals surface area contributed by atoms with Gasteiger partial charge in [0.15, 0.2) is 0 Å². The SMILES string of the molecule is C[C@@H]1C(=O)N(Cc2c(Cl)cccc2Cl)c2ccccc2N1C(=O)c1c(F)cccc1F. The van der Waals surface area contributed by atoms with Crippen molar-refractivity contribution in [2.75, 3.05) is 9.80 Å². The number of benzene rings is 3. The number of para-hydroxylation sites is 2. The Morgan fingerprint density at radius 3 is 2.06 bits per heavy atom. The molecule has 1 atom stereocenters. The van der Waals surface area contributed by atoms with E-state index < -0.39 is 35.1 Å². The van der Waals surface area contributed by atoms with Gasteiger partial charge < -0.3 is 4.90 Å². The predicted octanol–water partition coefficient (Wildman–Crippen LogP) is 5.85. The molecule has 0 saturated carbocycles. The van der Waals surface area contributed by atoms with Gasteiger partial charge >= 0.3 is 0 Å². The summed E-state index contributed by atoms with van der Waals surface area (Å²) in [6, 6.07) is 13.9. The highest BCUT2D eigenvalue weighted by molar-refractivity contribution is 6.36. The van der Waals surface area contributed by atoms with Crippen LogP contribution in [-0.4, -0.2) is 17.9 Å². The highest BCUT2D eigenvalue weighted by Crippen LogP contribution is 2.39. The second kappa shape index (κ2) is 8.29. The highest BCUT2D eigenvalue weighted by Gasteiger charge is 2.40. The number of hydrogen-bond acceptors (Lipinski definition) is 2. The third-order valence-corrected chi connectivity index (χ3v) is 5.92. The van der Waals surface area contributed by atoms with Crippen LogP contribution in [0.25, 0.3) is 0 Å². The minimum atomic E-state index is -1.01. The smallest absolute Gasteiger partial charge is 0.265 e. The van der Waals surface area contributed by atoms with Crippen molar-refractivity contribution in [1.29, 1.82) is 0 Å². The molecule has 0 bridgehead atoms. The van der Waals surface area contributed by atoms with Gasteiger partial charge in [-0.25, -0.2) is 8.78 Å². The van der Waals surface area contributed by atoms with Crippen molar-refractivity contribution in [2.24, 2.45) is 0 Å². The van der Waals surface area contributed by atoms with E-state index in [4.69, 9.17) is 23.2 Å². The number of carbonyl (C=O) groups excluding carboxylic acids is 2. The molecule has 0 aromatic heterocycles. The molecule has 8 heteroatoms. The Morgan fingerprint density at radius 1 is 0.903 bits per heavy atom. The highest BCUT2D eigenvalue weighted by atomic mass is 35.5. The maximum Gasteiger partial charge on any atom is 0.265 e. The zero-order valence-electron chi connectivity index (χ0n) is 16.3. The second-order valence-corrected chi connectivity index (χ2v) is 7.88. The van der Waals surface area contributed by atoms with Crippen LogP contribution in [0.1, 0.15) is 22.8 Å². The summed E-state index contributed by atoms with van der Waals surface area (Å²) in [5.74, 6) is -3.35. The van der Waals surface area contributed by atoms with Crippen molar-refractivity contribution in [3.05, 3.63) is 93.5 Å². The molecule has 3 aromatic carbocycles. The van der Waals surface area contributed by atoms with E-state index in [2.05, 4.69) is 0 Å². The van der Waals surface area contributed by atoms with Crippen LogP contribution in [0.4, 0.5) is 20.2 Å². The summed E-state index contributed by atoms with van der Waals surface area (Å²) in [5.41, 5.74) is 0.609. The second-order valence-electron chi connectivity index (χ2n) is 7.06. The molecule has 4 rings (SSSR count). The average Bonchev–Trinajstić information content (AvgIpc) is 2.73. The molecular formula is C23H16Cl2F2N2O2. The van der Waals surface area contributed by atoms with Gasteiger partial charge in [0.05, 0.1) is 17.9 Å². The normalized spacial score (nSPS) is 15.8. The number of nitrogens with zero attached hydrogens (tertiary/aromatic N) is 2. The quantitative estimate of drug-likeness (QED) is 0.491. The molecular weight excluding hydrogens is 445 g/mol. The molecule has 0 N–H and O–H groups in total. The Bertz CT molecular complexity index is 1160. The minimum Gasteiger partial charge on any atom is -0.304 e. The number of amides is 2. The van der Waals surface area contributed by atoms with Crippen LogP contribution >= 0.6 is 23.2 Å². The van der Waals surface area contributed by atoms with Gasteiger partial charge in [-0.2, -0.15) is 0 Å². The first kappa shape index (κ1) is 21.3. The maximum absolute atomic E-state index is 14.3. The zero-order chi connectivity index (χ0) is 22.3. The Hall–Kier alpha value is -2.96. The predicted molar refractivity (Wildman–Crippen MR) is 117 cm³/mol. The van der Waals surface area contributed by atoms with E-state index in [0.717, 1.165) is 17.0 Å². The van der Waals surface area contributed by atoms with Gasteiger partial charge in [-0.05, 0) is 43.3 Å².